The maximum Gasteiger partial charge on any atom is 0.416 e. The molecular weight excluding hydrogens is 280 g/mol. The van der Waals surface area contributed by atoms with Crippen molar-refractivity contribution in [3.8, 4) is 11.1 Å². The van der Waals surface area contributed by atoms with E-state index in [4.69, 9.17) is 0 Å². The fourth-order valence-corrected chi connectivity index (χ4v) is 2.05. The van der Waals surface area contributed by atoms with Crippen molar-refractivity contribution in [2.75, 3.05) is 0 Å². The van der Waals surface area contributed by atoms with E-state index in [1.807, 2.05) is 20.8 Å². The van der Waals surface area contributed by atoms with Crippen LogP contribution in [0.3, 0.4) is 0 Å². The van der Waals surface area contributed by atoms with Crippen molar-refractivity contribution in [1.82, 2.24) is 0 Å². The Balaban J connectivity index is 2.47. The molecule has 0 aliphatic heterocycles. The summed E-state index contributed by atoms with van der Waals surface area (Å²) in [6.07, 6.45) is -4.38. The maximum absolute atomic E-state index is 14.0. The third-order valence-electron chi connectivity index (χ3n) is 3.36. The minimum atomic E-state index is -4.38. The highest BCUT2D eigenvalue weighted by Crippen LogP contribution is 2.33. The fraction of sp³-hybridized carbons (Fsp3) is 0.294. The highest BCUT2D eigenvalue weighted by Gasteiger charge is 2.30. The van der Waals surface area contributed by atoms with Crippen molar-refractivity contribution < 1.29 is 17.6 Å². The fourth-order valence-electron chi connectivity index (χ4n) is 2.05. The van der Waals surface area contributed by atoms with Crippen LogP contribution in [0.1, 0.15) is 31.9 Å². The number of halogens is 4. The van der Waals surface area contributed by atoms with Crippen LogP contribution in [-0.4, -0.2) is 0 Å². The molecule has 0 radical (unpaired) electrons. The highest BCUT2D eigenvalue weighted by atomic mass is 19.4. The maximum atomic E-state index is 14.0. The Morgan fingerprint density at radius 1 is 0.762 bits per heavy atom. The lowest BCUT2D eigenvalue weighted by molar-refractivity contribution is -0.137. The van der Waals surface area contributed by atoms with Crippen LogP contribution in [0.5, 0.6) is 0 Å². The summed E-state index contributed by atoms with van der Waals surface area (Å²) in [5.74, 6) is -0.442. The Bertz CT molecular complexity index is 631. The lowest BCUT2D eigenvalue weighted by Crippen LogP contribution is -2.11. The summed E-state index contributed by atoms with van der Waals surface area (Å²) in [4.78, 5) is 0. The van der Waals surface area contributed by atoms with E-state index in [9.17, 15) is 17.6 Å². The van der Waals surface area contributed by atoms with Gasteiger partial charge in [-0.2, -0.15) is 13.2 Å². The average molecular weight is 296 g/mol. The second-order valence-corrected chi connectivity index (χ2v) is 6.02. The van der Waals surface area contributed by atoms with Crippen molar-refractivity contribution in [3.63, 3.8) is 0 Å². The molecule has 0 spiro atoms. The molecular formula is C17H16F4. The molecule has 0 nitrogen and oxygen atoms in total. The predicted octanol–water partition coefficient (Wildman–Crippen LogP) is 5.81. The molecule has 0 aromatic heterocycles. The third-order valence-corrected chi connectivity index (χ3v) is 3.36. The molecule has 0 heterocycles. The molecule has 0 atom stereocenters. The average Bonchev–Trinajstić information content (AvgIpc) is 2.37. The standard InChI is InChI=1S/C17H16F4/c1-16(2,3)13-8-9-15(18)14(10-13)11-4-6-12(7-5-11)17(19,20)21/h4-10H,1-3H3. The number of alkyl halides is 3. The van der Waals surface area contributed by atoms with Crippen LogP contribution in [0, 0.1) is 5.82 Å². The summed E-state index contributed by atoms with van der Waals surface area (Å²) in [6.45, 7) is 5.99. The third kappa shape index (κ3) is 3.43. The van der Waals surface area contributed by atoms with Gasteiger partial charge in [0.25, 0.3) is 0 Å². The van der Waals surface area contributed by atoms with Crippen LogP contribution in [0.25, 0.3) is 11.1 Å². The first-order valence-electron chi connectivity index (χ1n) is 6.57. The molecule has 0 N–H and O–H groups in total. The minimum Gasteiger partial charge on any atom is -0.206 e. The van der Waals surface area contributed by atoms with Gasteiger partial charge in [-0.25, -0.2) is 4.39 Å². The first-order valence-corrected chi connectivity index (χ1v) is 6.57. The van der Waals surface area contributed by atoms with Crippen molar-refractivity contribution in [1.29, 1.82) is 0 Å². The number of hydrogen-bond donors (Lipinski definition) is 0. The van der Waals surface area contributed by atoms with Gasteiger partial charge >= 0.3 is 6.18 Å². The van der Waals surface area contributed by atoms with Gasteiger partial charge in [-0.3, -0.25) is 0 Å². The Kier molecular flexibility index (Phi) is 3.83. The molecule has 0 aliphatic carbocycles. The van der Waals surface area contributed by atoms with Gasteiger partial charge in [-0.05, 0) is 40.8 Å². The summed E-state index contributed by atoms with van der Waals surface area (Å²) >= 11 is 0. The van der Waals surface area contributed by atoms with Crippen molar-refractivity contribution >= 4 is 0 Å². The van der Waals surface area contributed by atoms with E-state index in [2.05, 4.69) is 0 Å². The van der Waals surface area contributed by atoms with Crippen LogP contribution >= 0.6 is 0 Å². The number of rotatable bonds is 1. The molecule has 0 amide bonds. The molecule has 0 aliphatic rings. The minimum absolute atomic E-state index is 0.158. The lowest BCUT2D eigenvalue weighted by Gasteiger charge is -2.20. The van der Waals surface area contributed by atoms with E-state index < -0.39 is 17.6 Å². The summed E-state index contributed by atoms with van der Waals surface area (Å²) in [7, 11) is 0. The lowest BCUT2D eigenvalue weighted by atomic mass is 9.85. The van der Waals surface area contributed by atoms with Crippen molar-refractivity contribution in [2.45, 2.75) is 32.4 Å². The van der Waals surface area contributed by atoms with Crippen LogP contribution in [0.4, 0.5) is 17.6 Å². The SMILES string of the molecule is CC(C)(C)c1ccc(F)c(-c2ccc(C(F)(F)F)cc2)c1. The molecule has 112 valence electrons. The monoisotopic (exact) mass is 296 g/mol. The van der Waals surface area contributed by atoms with Crippen molar-refractivity contribution in [2.24, 2.45) is 0 Å². The van der Waals surface area contributed by atoms with Gasteiger partial charge in [0.1, 0.15) is 5.82 Å². The normalized spacial score (nSPS) is 12.5. The number of benzene rings is 2. The van der Waals surface area contributed by atoms with Crippen LogP contribution in [0.2, 0.25) is 0 Å². The largest absolute Gasteiger partial charge is 0.416 e. The van der Waals surface area contributed by atoms with E-state index in [0.29, 0.717) is 11.1 Å². The van der Waals surface area contributed by atoms with E-state index in [-0.39, 0.29) is 5.41 Å². The van der Waals surface area contributed by atoms with E-state index in [1.54, 1.807) is 12.1 Å². The molecule has 2 rings (SSSR count). The van der Waals surface area contributed by atoms with E-state index in [0.717, 1.165) is 17.7 Å². The summed E-state index contributed by atoms with van der Waals surface area (Å²) in [6, 6.07) is 9.28. The zero-order valence-electron chi connectivity index (χ0n) is 12.1. The highest BCUT2D eigenvalue weighted by molar-refractivity contribution is 5.65. The van der Waals surface area contributed by atoms with Crippen LogP contribution < -0.4 is 0 Å². The Hall–Kier alpha value is -1.84. The smallest absolute Gasteiger partial charge is 0.206 e. The summed E-state index contributed by atoms with van der Waals surface area (Å²) < 4.78 is 51.6. The zero-order valence-corrected chi connectivity index (χ0v) is 12.1. The first kappa shape index (κ1) is 15.5. The Morgan fingerprint density at radius 3 is 1.76 bits per heavy atom. The van der Waals surface area contributed by atoms with Crippen LogP contribution in [-0.2, 0) is 11.6 Å². The first-order chi connectivity index (χ1) is 9.59. The quantitative estimate of drug-likeness (QED) is 0.583. The molecule has 4 heteroatoms. The molecule has 0 fully saturated rings. The van der Waals surface area contributed by atoms with Gasteiger partial charge in [0.05, 0.1) is 5.56 Å². The van der Waals surface area contributed by atoms with Crippen molar-refractivity contribution in [3.05, 3.63) is 59.4 Å². The molecule has 0 bridgehead atoms. The summed E-state index contributed by atoms with van der Waals surface area (Å²) in [5, 5.41) is 0. The van der Waals surface area contributed by atoms with Gasteiger partial charge in [0.2, 0.25) is 0 Å². The zero-order chi connectivity index (χ0) is 15.8. The second-order valence-electron chi connectivity index (χ2n) is 6.02. The topological polar surface area (TPSA) is 0 Å². The van der Waals surface area contributed by atoms with Gasteiger partial charge in [0, 0.05) is 5.56 Å². The summed E-state index contributed by atoms with van der Waals surface area (Å²) in [5.41, 5.74) is 0.786. The molecule has 2 aromatic carbocycles. The predicted molar refractivity (Wildman–Crippen MR) is 75.5 cm³/mol. The Labute approximate surface area is 121 Å². The molecule has 21 heavy (non-hydrogen) atoms. The number of hydrogen-bond acceptors (Lipinski definition) is 0. The molecule has 0 saturated heterocycles. The molecule has 0 unspecified atom stereocenters. The van der Waals surface area contributed by atoms with Crippen LogP contribution in [0.15, 0.2) is 42.5 Å². The van der Waals surface area contributed by atoms with Gasteiger partial charge in [-0.15, -0.1) is 0 Å². The molecule has 2 aromatic rings. The van der Waals surface area contributed by atoms with Gasteiger partial charge in [0.15, 0.2) is 0 Å². The molecule has 0 saturated carbocycles. The second kappa shape index (κ2) is 5.17. The van der Waals surface area contributed by atoms with Gasteiger partial charge < -0.3 is 0 Å². The van der Waals surface area contributed by atoms with E-state index in [1.165, 1.54) is 18.2 Å². The van der Waals surface area contributed by atoms with E-state index >= 15 is 0 Å². The van der Waals surface area contributed by atoms with Gasteiger partial charge in [-0.1, -0.05) is 39.0 Å². The Morgan fingerprint density at radius 2 is 1.29 bits per heavy atom.